The quantitative estimate of drug-likeness (QED) is 0.828. The number of carbonyl (C=O) groups excluding carboxylic acids is 1. The maximum atomic E-state index is 11.5. The first-order valence-corrected chi connectivity index (χ1v) is 5.50. The van der Waals surface area contributed by atoms with Crippen LogP contribution in [0.15, 0.2) is 36.4 Å². The minimum absolute atomic E-state index is 0.0553. The van der Waals surface area contributed by atoms with E-state index < -0.39 is 0 Å². The van der Waals surface area contributed by atoms with Gasteiger partial charge in [0.1, 0.15) is 0 Å². The standard InChI is InChI=1S/C14H19NO/c1-14(2,3)15-13(16)11-7-10-12-8-5-4-6-9-12/h4-10H,11H2,1-3H3,(H,15,16)/b10-7+. The number of hydrogen-bond acceptors (Lipinski definition) is 1. The first-order valence-electron chi connectivity index (χ1n) is 5.50. The molecule has 1 aromatic rings. The van der Waals surface area contributed by atoms with Gasteiger partial charge in [-0.25, -0.2) is 0 Å². The van der Waals surface area contributed by atoms with Crippen LogP contribution in [0.4, 0.5) is 0 Å². The smallest absolute Gasteiger partial charge is 0.224 e. The molecular weight excluding hydrogens is 198 g/mol. The fourth-order valence-electron chi connectivity index (χ4n) is 1.34. The lowest BCUT2D eigenvalue weighted by Crippen LogP contribution is -2.40. The zero-order valence-corrected chi connectivity index (χ0v) is 10.2. The molecule has 0 heterocycles. The average molecular weight is 217 g/mol. The van der Waals surface area contributed by atoms with Gasteiger partial charge in [-0.3, -0.25) is 4.79 Å². The van der Waals surface area contributed by atoms with Crippen LogP contribution >= 0.6 is 0 Å². The molecule has 0 bridgehead atoms. The zero-order valence-electron chi connectivity index (χ0n) is 10.2. The minimum Gasteiger partial charge on any atom is -0.351 e. The van der Waals surface area contributed by atoms with Gasteiger partial charge in [0.05, 0.1) is 0 Å². The Morgan fingerprint density at radius 2 is 1.88 bits per heavy atom. The van der Waals surface area contributed by atoms with Gasteiger partial charge in [-0.15, -0.1) is 0 Å². The Labute approximate surface area is 97.4 Å². The van der Waals surface area contributed by atoms with Gasteiger partial charge in [-0.1, -0.05) is 42.5 Å². The van der Waals surface area contributed by atoms with Crippen molar-refractivity contribution < 1.29 is 4.79 Å². The zero-order chi connectivity index (χ0) is 12.0. The Morgan fingerprint density at radius 3 is 2.44 bits per heavy atom. The number of carbonyl (C=O) groups is 1. The number of benzene rings is 1. The first-order chi connectivity index (χ1) is 7.47. The summed E-state index contributed by atoms with van der Waals surface area (Å²) in [6, 6.07) is 9.96. The van der Waals surface area contributed by atoms with Gasteiger partial charge in [0.2, 0.25) is 5.91 Å². The predicted molar refractivity (Wildman–Crippen MR) is 68.0 cm³/mol. The molecule has 16 heavy (non-hydrogen) atoms. The second kappa shape index (κ2) is 5.50. The molecule has 0 aliphatic heterocycles. The molecular formula is C14H19NO. The minimum atomic E-state index is -0.155. The Morgan fingerprint density at radius 1 is 1.25 bits per heavy atom. The molecule has 0 spiro atoms. The van der Waals surface area contributed by atoms with Gasteiger partial charge in [0, 0.05) is 12.0 Å². The molecule has 0 aromatic heterocycles. The molecule has 1 aromatic carbocycles. The van der Waals surface area contributed by atoms with Crippen molar-refractivity contribution in [3.63, 3.8) is 0 Å². The van der Waals surface area contributed by atoms with Gasteiger partial charge in [-0.2, -0.15) is 0 Å². The summed E-state index contributed by atoms with van der Waals surface area (Å²) < 4.78 is 0. The van der Waals surface area contributed by atoms with E-state index in [-0.39, 0.29) is 11.4 Å². The van der Waals surface area contributed by atoms with Crippen molar-refractivity contribution in [2.75, 3.05) is 0 Å². The molecule has 0 atom stereocenters. The molecule has 0 aliphatic rings. The lowest BCUT2D eigenvalue weighted by molar-refractivity contribution is -0.121. The van der Waals surface area contributed by atoms with E-state index in [2.05, 4.69) is 5.32 Å². The molecule has 0 aliphatic carbocycles. The predicted octanol–water partition coefficient (Wildman–Crippen LogP) is 3.00. The number of nitrogens with one attached hydrogen (secondary N) is 1. The second-order valence-electron chi connectivity index (χ2n) is 4.82. The fourth-order valence-corrected chi connectivity index (χ4v) is 1.34. The third-order valence-electron chi connectivity index (χ3n) is 1.93. The van der Waals surface area contributed by atoms with Crippen molar-refractivity contribution in [2.24, 2.45) is 0 Å². The van der Waals surface area contributed by atoms with Crippen molar-refractivity contribution in [1.29, 1.82) is 0 Å². The first kappa shape index (κ1) is 12.5. The van der Waals surface area contributed by atoms with Crippen molar-refractivity contribution in [3.8, 4) is 0 Å². The van der Waals surface area contributed by atoms with Crippen molar-refractivity contribution in [3.05, 3.63) is 42.0 Å². The highest BCUT2D eigenvalue weighted by Crippen LogP contribution is 2.03. The van der Waals surface area contributed by atoms with E-state index in [1.807, 2.05) is 63.3 Å². The molecule has 0 saturated heterocycles. The van der Waals surface area contributed by atoms with Crippen LogP contribution in [0.2, 0.25) is 0 Å². The highest BCUT2D eigenvalue weighted by molar-refractivity contribution is 5.79. The summed E-state index contributed by atoms with van der Waals surface area (Å²) >= 11 is 0. The van der Waals surface area contributed by atoms with E-state index in [1.165, 1.54) is 0 Å². The molecule has 2 nitrogen and oxygen atoms in total. The van der Waals surface area contributed by atoms with Gasteiger partial charge in [0.25, 0.3) is 0 Å². The van der Waals surface area contributed by atoms with Gasteiger partial charge < -0.3 is 5.32 Å². The molecule has 1 amide bonds. The summed E-state index contributed by atoms with van der Waals surface area (Å²) in [5.41, 5.74) is 0.962. The number of rotatable bonds is 3. The summed E-state index contributed by atoms with van der Waals surface area (Å²) in [5.74, 6) is 0.0553. The number of hydrogen-bond donors (Lipinski definition) is 1. The van der Waals surface area contributed by atoms with Crippen molar-refractivity contribution in [2.45, 2.75) is 32.7 Å². The lowest BCUT2D eigenvalue weighted by Gasteiger charge is -2.19. The third-order valence-corrected chi connectivity index (χ3v) is 1.93. The maximum absolute atomic E-state index is 11.5. The van der Waals surface area contributed by atoms with Crippen molar-refractivity contribution >= 4 is 12.0 Å². The Bertz CT molecular complexity index is 360. The van der Waals surface area contributed by atoms with Gasteiger partial charge in [-0.05, 0) is 26.3 Å². The SMILES string of the molecule is CC(C)(C)NC(=O)C/C=C/c1ccccc1. The van der Waals surface area contributed by atoms with Crippen LogP contribution in [0, 0.1) is 0 Å². The largest absolute Gasteiger partial charge is 0.351 e. The Hall–Kier alpha value is -1.57. The lowest BCUT2D eigenvalue weighted by atomic mass is 10.1. The van der Waals surface area contributed by atoms with Crippen molar-refractivity contribution in [1.82, 2.24) is 5.32 Å². The Kier molecular flexibility index (Phi) is 4.29. The maximum Gasteiger partial charge on any atom is 0.224 e. The third kappa shape index (κ3) is 5.35. The van der Waals surface area contributed by atoms with Gasteiger partial charge >= 0.3 is 0 Å². The molecule has 86 valence electrons. The molecule has 0 fully saturated rings. The normalized spacial score (nSPS) is 11.7. The summed E-state index contributed by atoms with van der Waals surface area (Å²) in [6.07, 6.45) is 4.27. The molecule has 1 rings (SSSR count). The number of amides is 1. The van der Waals surface area contributed by atoms with E-state index in [4.69, 9.17) is 0 Å². The van der Waals surface area contributed by atoms with E-state index in [9.17, 15) is 4.79 Å². The second-order valence-corrected chi connectivity index (χ2v) is 4.82. The highest BCUT2D eigenvalue weighted by Gasteiger charge is 2.11. The monoisotopic (exact) mass is 217 g/mol. The van der Waals surface area contributed by atoms with Crippen LogP contribution in [0.3, 0.4) is 0 Å². The Balaban J connectivity index is 2.41. The molecule has 0 radical (unpaired) electrons. The van der Waals surface area contributed by atoms with E-state index in [0.717, 1.165) is 5.56 Å². The molecule has 0 saturated carbocycles. The van der Waals surface area contributed by atoms with Crippen LogP contribution in [0.5, 0.6) is 0 Å². The fraction of sp³-hybridized carbons (Fsp3) is 0.357. The molecule has 2 heteroatoms. The van der Waals surface area contributed by atoms with Crippen LogP contribution < -0.4 is 5.32 Å². The summed E-state index contributed by atoms with van der Waals surface area (Å²) in [7, 11) is 0. The van der Waals surface area contributed by atoms with Crippen LogP contribution in [-0.2, 0) is 4.79 Å². The van der Waals surface area contributed by atoms with E-state index >= 15 is 0 Å². The summed E-state index contributed by atoms with van der Waals surface area (Å²) in [5, 5.41) is 2.92. The van der Waals surface area contributed by atoms with Gasteiger partial charge in [0.15, 0.2) is 0 Å². The summed E-state index contributed by atoms with van der Waals surface area (Å²) in [4.78, 5) is 11.5. The molecule has 1 N–H and O–H groups in total. The van der Waals surface area contributed by atoms with E-state index in [0.29, 0.717) is 6.42 Å². The highest BCUT2D eigenvalue weighted by atomic mass is 16.1. The van der Waals surface area contributed by atoms with Crippen LogP contribution in [0.1, 0.15) is 32.8 Å². The van der Waals surface area contributed by atoms with Crippen LogP contribution in [0.25, 0.3) is 6.08 Å². The van der Waals surface area contributed by atoms with Crippen LogP contribution in [-0.4, -0.2) is 11.4 Å². The molecule has 0 unspecified atom stereocenters. The van der Waals surface area contributed by atoms with E-state index in [1.54, 1.807) is 0 Å². The topological polar surface area (TPSA) is 29.1 Å². The summed E-state index contributed by atoms with van der Waals surface area (Å²) in [6.45, 7) is 5.93. The average Bonchev–Trinajstić information content (AvgIpc) is 2.16.